The Morgan fingerprint density at radius 1 is 1.33 bits per heavy atom. The van der Waals surface area contributed by atoms with Crippen molar-refractivity contribution < 1.29 is 5.11 Å². The number of benzene rings is 1. The van der Waals surface area contributed by atoms with Gasteiger partial charge in [-0.15, -0.1) is 0 Å². The summed E-state index contributed by atoms with van der Waals surface area (Å²) in [5.41, 5.74) is 3.81. The molecular formula is C18H24N2O. The van der Waals surface area contributed by atoms with Gasteiger partial charge in [-0.25, -0.2) is 0 Å². The van der Waals surface area contributed by atoms with Crippen LogP contribution in [0, 0.1) is 0 Å². The van der Waals surface area contributed by atoms with E-state index in [1.807, 2.05) is 12.2 Å². The molecule has 1 aromatic heterocycles. The molecule has 0 spiro atoms. The van der Waals surface area contributed by atoms with E-state index in [1.165, 1.54) is 42.4 Å². The van der Waals surface area contributed by atoms with Crippen LogP contribution in [0.15, 0.2) is 30.5 Å². The van der Waals surface area contributed by atoms with Gasteiger partial charge in [-0.3, -0.25) is 0 Å². The van der Waals surface area contributed by atoms with Crippen LogP contribution in [0.1, 0.15) is 36.8 Å². The quantitative estimate of drug-likeness (QED) is 0.907. The van der Waals surface area contributed by atoms with E-state index in [0.29, 0.717) is 5.92 Å². The molecule has 2 N–H and O–H groups in total. The smallest absolute Gasteiger partial charge is 0.0696 e. The molecule has 0 aliphatic carbocycles. The minimum absolute atomic E-state index is 0.403. The van der Waals surface area contributed by atoms with E-state index >= 15 is 0 Å². The normalized spacial score (nSPS) is 19.6. The summed E-state index contributed by atoms with van der Waals surface area (Å²) in [4.78, 5) is 5.81. The highest BCUT2D eigenvalue weighted by atomic mass is 16.3. The molecule has 0 saturated carbocycles. The molecule has 2 heterocycles. The van der Waals surface area contributed by atoms with Gasteiger partial charge in [0.05, 0.1) is 6.10 Å². The SMILES string of the molecule is CC(O)/C=C/c1ccc2[nH]cc(C3CCN(C)CC3)c2c1. The molecule has 112 valence electrons. The summed E-state index contributed by atoms with van der Waals surface area (Å²) >= 11 is 0. The van der Waals surface area contributed by atoms with Crippen LogP contribution in [0.5, 0.6) is 0 Å². The Kier molecular flexibility index (Phi) is 4.13. The van der Waals surface area contributed by atoms with Crippen LogP contribution >= 0.6 is 0 Å². The third kappa shape index (κ3) is 3.20. The predicted molar refractivity (Wildman–Crippen MR) is 88.5 cm³/mol. The van der Waals surface area contributed by atoms with Gasteiger partial charge in [0.2, 0.25) is 0 Å². The van der Waals surface area contributed by atoms with Gasteiger partial charge in [0.1, 0.15) is 0 Å². The zero-order chi connectivity index (χ0) is 14.8. The highest BCUT2D eigenvalue weighted by molar-refractivity contribution is 5.86. The number of fused-ring (bicyclic) bond motifs is 1. The zero-order valence-corrected chi connectivity index (χ0v) is 12.8. The lowest BCUT2D eigenvalue weighted by Gasteiger charge is -2.28. The second-order valence-corrected chi connectivity index (χ2v) is 6.23. The molecule has 1 saturated heterocycles. The second-order valence-electron chi connectivity index (χ2n) is 6.23. The van der Waals surface area contributed by atoms with Crippen molar-refractivity contribution >= 4 is 17.0 Å². The number of aliphatic hydroxyl groups excluding tert-OH is 1. The van der Waals surface area contributed by atoms with E-state index in [4.69, 9.17) is 0 Å². The van der Waals surface area contributed by atoms with Crippen molar-refractivity contribution in [2.75, 3.05) is 20.1 Å². The lowest BCUT2D eigenvalue weighted by molar-refractivity contribution is 0.245. The third-order valence-electron chi connectivity index (χ3n) is 4.46. The Bertz CT molecular complexity index is 634. The third-order valence-corrected chi connectivity index (χ3v) is 4.46. The summed E-state index contributed by atoms with van der Waals surface area (Å²) in [7, 11) is 2.20. The summed E-state index contributed by atoms with van der Waals surface area (Å²) in [5.74, 6) is 0.658. The van der Waals surface area contributed by atoms with Gasteiger partial charge < -0.3 is 15.0 Å². The lowest BCUT2D eigenvalue weighted by atomic mass is 9.89. The number of rotatable bonds is 3. The van der Waals surface area contributed by atoms with Crippen molar-refractivity contribution in [2.45, 2.75) is 31.8 Å². The minimum Gasteiger partial charge on any atom is -0.389 e. The predicted octanol–water partition coefficient (Wildman–Crippen LogP) is 3.37. The molecule has 1 unspecified atom stereocenters. The topological polar surface area (TPSA) is 39.3 Å². The first-order chi connectivity index (χ1) is 10.1. The first-order valence-electron chi connectivity index (χ1n) is 7.79. The van der Waals surface area contributed by atoms with Gasteiger partial charge in [-0.05, 0) is 69.1 Å². The molecule has 1 aliphatic heterocycles. The fourth-order valence-electron chi connectivity index (χ4n) is 3.17. The molecule has 0 amide bonds. The van der Waals surface area contributed by atoms with Gasteiger partial charge in [-0.1, -0.05) is 18.2 Å². The monoisotopic (exact) mass is 284 g/mol. The minimum atomic E-state index is -0.403. The maximum atomic E-state index is 9.37. The Labute approximate surface area is 126 Å². The molecule has 1 aliphatic rings. The van der Waals surface area contributed by atoms with Crippen molar-refractivity contribution in [2.24, 2.45) is 0 Å². The van der Waals surface area contributed by atoms with Gasteiger partial charge >= 0.3 is 0 Å². The number of hydrogen-bond acceptors (Lipinski definition) is 2. The number of likely N-dealkylation sites (tertiary alicyclic amines) is 1. The molecule has 2 aromatic rings. The fraction of sp³-hybridized carbons (Fsp3) is 0.444. The summed E-state index contributed by atoms with van der Waals surface area (Å²) in [5, 5.41) is 10.7. The number of aromatic nitrogens is 1. The van der Waals surface area contributed by atoms with Crippen LogP contribution in [-0.4, -0.2) is 41.2 Å². The Balaban J connectivity index is 1.90. The Morgan fingerprint density at radius 3 is 2.81 bits per heavy atom. The van der Waals surface area contributed by atoms with Gasteiger partial charge in [0, 0.05) is 17.1 Å². The fourth-order valence-corrected chi connectivity index (χ4v) is 3.17. The van der Waals surface area contributed by atoms with E-state index in [0.717, 1.165) is 5.56 Å². The van der Waals surface area contributed by atoms with Crippen LogP contribution in [-0.2, 0) is 0 Å². The van der Waals surface area contributed by atoms with Crippen molar-refractivity contribution in [3.05, 3.63) is 41.6 Å². The maximum absolute atomic E-state index is 9.37. The van der Waals surface area contributed by atoms with E-state index < -0.39 is 6.10 Å². The van der Waals surface area contributed by atoms with Gasteiger partial charge in [-0.2, -0.15) is 0 Å². The number of hydrogen-bond donors (Lipinski definition) is 2. The second kappa shape index (κ2) is 6.04. The summed E-state index contributed by atoms with van der Waals surface area (Å²) < 4.78 is 0. The van der Waals surface area contributed by atoms with Crippen LogP contribution in [0.4, 0.5) is 0 Å². The number of piperidine rings is 1. The summed E-state index contributed by atoms with van der Waals surface area (Å²) in [6, 6.07) is 6.46. The van der Waals surface area contributed by atoms with Gasteiger partial charge in [0.15, 0.2) is 0 Å². The van der Waals surface area contributed by atoms with E-state index in [9.17, 15) is 5.11 Å². The van der Waals surface area contributed by atoms with Crippen molar-refractivity contribution in [1.82, 2.24) is 9.88 Å². The average Bonchev–Trinajstić information content (AvgIpc) is 2.89. The molecule has 1 aromatic carbocycles. The molecule has 3 nitrogen and oxygen atoms in total. The van der Waals surface area contributed by atoms with Crippen molar-refractivity contribution in [1.29, 1.82) is 0 Å². The number of H-pyrrole nitrogens is 1. The first-order valence-corrected chi connectivity index (χ1v) is 7.79. The number of aliphatic hydroxyl groups is 1. The van der Waals surface area contributed by atoms with Crippen LogP contribution in [0.2, 0.25) is 0 Å². The molecule has 1 fully saturated rings. The van der Waals surface area contributed by atoms with Crippen LogP contribution in [0.3, 0.4) is 0 Å². The zero-order valence-electron chi connectivity index (χ0n) is 12.8. The summed E-state index contributed by atoms with van der Waals surface area (Å²) in [6.07, 6.45) is 8.07. The number of aromatic amines is 1. The van der Waals surface area contributed by atoms with Crippen molar-refractivity contribution in [3.63, 3.8) is 0 Å². The van der Waals surface area contributed by atoms with E-state index in [-0.39, 0.29) is 0 Å². The van der Waals surface area contributed by atoms with Crippen LogP contribution < -0.4 is 0 Å². The lowest BCUT2D eigenvalue weighted by Crippen LogP contribution is -2.29. The Morgan fingerprint density at radius 2 is 2.10 bits per heavy atom. The Hall–Kier alpha value is -1.58. The molecule has 1 atom stereocenters. The largest absolute Gasteiger partial charge is 0.389 e. The maximum Gasteiger partial charge on any atom is 0.0696 e. The molecular weight excluding hydrogens is 260 g/mol. The van der Waals surface area contributed by atoms with E-state index in [1.54, 1.807) is 6.92 Å². The average molecular weight is 284 g/mol. The molecule has 0 radical (unpaired) electrons. The molecule has 3 heteroatoms. The molecule has 3 rings (SSSR count). The molecule has 21 heavy (non-hydrogen) atoms. The van der Waals surface area contributed by atoms with Crippen molar-refractivity contribution in [3.8, 4) is 0 Å². The summed E-state index contributed by atoms with van der Waals surface area (Å²) in [6.45, 7) is 4.13. The highest BCUT2D eigenvalue weighted by Gasteiger charge is 2.20. The highest BCUT2D eigenvalue weighted by Crippen LogP contribution is 2.33. The van der Waals surface area contributed by atoms with Gasteiger partial charge in [0.25, 0.3) is 0 Å². The number of nitrogens with zero attached hydrogens (tertiary/aromatic N) is 1. The standard InChI is InChI=1S/C18H24N2O/c1-13(21)3-4-14-5-6-18-16(11-14)17(12-19-18)15-7-9-20(2)10-8-15/h3-6,11-13,15,19,21H,7-10H2,1-2H3/b4-3+. The first kappa shape index (κ1) is 14.4. The number of nitrogens with one attached hydrogen (secondary N) is 1. The molecule has 0 bridgehead atoms. The van der Waals surface area contributed by atoms with Crippen LogP contribution in [0.25, 0.3) is 17.0 Å². The van der Waals surface area contributed by atoms with E-state index in [2.05, 4.69) is 41.3 Å².